The maximum absolute atomic E-state index is 6.23. The van der Waals surface area contributed by atoms with Crippen LogP contribution in [-0.2, 0) is 0 Å². The van der Waals surface area contributed by atoms with Crippen molar-refractivity contribution >= 4 is 69.7 Å². The Morgan fingerprint density at radius 3 is 2.35 bits per heavy atom. The van der Waals surface area contributed by atoms with Crippen molar-refractivity contribution in [3.05, 3.63) is 55.2 Å². The van der Waals surface area contributed by atoms with E-state index in [4.69, 9.17) is 58.6 Å². The Morgan fingerprint density at radius 2 is 1.60 bits per heavy atom. The van der Waals surface area contributed by atoms with Gasteiger partial charge in [0.2, 0.25) is 0 Å². The third kappa shape index (κ3) is 2.34. The fraction of sp³-hybridized carbons (Fsp3) is 0. The molecule has 0 fully saturated rings. The van der Waals surface area contributed by atoms with Gasteiger partial charge in [-0.05, 0) is 42.5 Å². The summed E-state index contributed by atoms with van der Waals surface area (Å²) < 4.78 is 2.27. The van der Waals surface area contributed by atoms with Crippen LogP contribution in [0.25, 0.3) is 16.7 Å². The number of benzene rings is 2. The van der Waals surface area contributed by atoms with Crippen molar-refractivity contribution in [2.45, 2.75) is 0 Å². The Bertz CT molecular complexity index is 882. The molecule has 0 spiro atoms. The summed E-state index contributed by atoms with van der Waals surface area (Å²) in [6, 6.07) is 8.65. The molecule has 0 saturated carbocycles. The lowest BCUT2D eigenvalue weighted by Gasteiger charge is -2.08. The van der Waals surface area contributed by atoms with Crippen LogP contribution >= 0.6 is 58.6 Å². The number of imidazole rings is 1. The molecule has 0 unspecified atom stereocenters. The summed E-state index contributed by atoms with van der Waals surface area (Å²) >= 11 is 29.7. The molecular weight excluding hydrogens is 358 g/mol. The number of rotatable bonds is 1. The Balaban J connectivity index is 2.42. The van der Waals surface area contributed by atoms with Crippen molar-refractivity contribution in [1.82, 2.24) is 9.55 Å². The van der Waals surface area contributed by atoms with Crippen LogP contribution in [0.4, 0.5) is 0 Å². The Hall–Kier alpha value is -0.710. The highest BCUT2D eigenvalue weighted by molar-refractivity contribution is 7.71. The van der Waals surface area contributed by atoms with Crippen LogP contribution in [0.5, 0.6) is 0 Å². The van der Waals surface area contributed by atoms with Crippen LogP contribution < -0.4 is 0 Å². The van der Waals surface area contributed by atoms with Gasteiger partial charge in [0.05, 0.1) is 31.8 Å². The first-order valence-electron chi connectivity index (χ1n) is 5.52. The van der Waals surface area contributed by atoms with E-state index < -0.39 is 0 Å². The van der Waals surface area contributed by atoms with E-state index in [9.17, 15) is 0 Å². The lowest BCUT2D eigenvalue weighted by atomic mass is 10.2. The van der Waals surface area contributed by atoms with Crippen LogP contribution in [-0.4, -0.2) is 9.55 Å². The number of nitrogens with one attached hydrogen (secondary N) is 1. The highest BCUT2D eigenvalue weighted by Crippen LogP contribution is 2.32. The third-order valence-corrected chi connectivity index (χ3v) is 4.43. The van der Waals surface area contributed by atoms with Gasteiger partial charge in [-0.2, -0.15) is 0 Å². The molecule has 0 saturated heterocycles. The molecule has 0 amide bonds. The molecule has 0 aliphatic carbocycles. The molecule has 0 radical (unpaired) electrons. The van der Waals surface area contributed by atoms with Gasteiger partial charge in [0.25, 0.3) is 0 Å². The van der Waals surface area contributed by atoms with Gasteiger partial charge < -0.3 is 4.98 Å². The molecule has 2 nitrogen and oxygen atoms in total. The minimum atomic E-state index is 0.445. The molecule has 1 N–H and O–H groups in total. The van der Waals surface area contributed by atoms with E-state index in [1.54, 1.807) is 34.9 Å². The molecule has 0 atom stereocenters. The van der Waals surface area contributed by atoms with Crippen molar-refractivity contribution in [3.63, 3.8) is 0 Å². The normalized spacial score (nSPS) is 11.2. The van der Waals surface area contributed by atoms with E-state index in [-0.39, 0.29) is 0 Å². The number of hydrogen-bond donors (Lipinski definition) is 1. The predicted molar refractivity (Wildman–Crippen MR) is 88.5 cm³/mol. The van der Waals surface area contributed by atoms with Gasteiger partial charge in [0.1, 0.15) is 0 Å². The second-order valence-corrected chi connectivity index (χ2v) is 6.19. The van der Waals surface area contributed by atoms with E-state index in [2.05, 4.69) is 4.98 Å². The third-order valence-electron chi connectivity index (χ3n) is 2.87. The highest BCUT2D eigenvalue weighted by atomic mass is 35.5. The molecule has 1 heterocycles. The highest BCUT2D eigenvalue weighted by Gasteiger charge is 2.12. The first-order chi connectivity index (χ1) is 9.47. The van der Waals surface area contributed by atoms with Crippen LogP contribution in [0.3, 0.4) is 0 Å². The number of fused-ring (bicyclic) bond motifs is 1. The Kier molecular flexibility index (Phi) is 3.73. The summed E-state index contributed by atoms with van der Waals surface area (Å²) in [6.45, 7) is 0. The number of H-pyrrole nitrogens is 1. The average molecular weight is 364 g/mol. The smallest absolute Gasteiger partial charge is 0.182 e. The number of aromatic nitrogens is 2. The molecule has 0 aliphatic heterocycles. The second kappa shape index (κ2) is 5.24. The Morgan fingerprint density at radius 1 is 0.900 bits per heavy atom. The second-order valence-electron chi connectivity index (χ2n) is 4.14. The zero-order valence-electron chi connectivity index (χ0n) is 9.75. The van der Waals surface area contributed by atoms with Crippen molar-refractivity contribution in [3.8, 4) is 5.69 Å². The fourth-order valence-corrected chi connectivity index (χ4v) is 2.99. The molecule has 1 aromatic heterocycles. The van der Waals surface area contributed by atoms with Gasteiger partial charge in [-0.25, -0.2) is 0 Å². The minimum Gasteiger partial charge on any atom is -0.330 e. The largest absolute Gasteiger partial charge is 0.330 e. The Labute approximate surface area is 139 Å². The van der Waals surface area contributed by atoms with E-state index in [1.807, 2.05) is 0 Å². The van der Waals surface area contributed by atoms with E-state index >= 15 is 0 Å². The standard InChI is InChI=1S/C13H6Cl4N2S/c14-6-1-2-7(15)11(3-6)19-12-5-9(17)8(16)4-10(12)18-13(19)20/h1-5H,(H,18,20). The molecule has 7 heteroatoms. The number of aromatic amines is 1. The average Bonchev–Trinajstić information content (AvgIpc) is 2.69. The molecule has 2 aromatic carbocycles. The monoisotopic (exact) mass is 362 g/mol. The molecule has 20 heavy (non-hydrogen) atoms. The summed E-state index contributed by atoms with van der Waals surface area (Å²) in [5, 5.41) is 2.01. The zero-order valence-corrected chi connectivity index (χ0v) is 13.6. The van der Waals surface area contributed by atoms with Crippen LogP contribution in [0.2, 0.25) is 20.1 Å². The molecule has 0 bridgehead atoms. The summed E-state index contributed by atoms with van der Waals surface area (Å²) in [4.78, 5) is 3.07. The molecule has 102 valence electrons. The maximum Gasteiger partial charge on any atom is 0.182 e. The van der Waals surface area contributed by atoms with Crippen molar-refractivity contribution < 1.29 is 0 Å². The first kappa shape index (κ1) is 14.2. The van der Waals surface area contributed by atoms with E-state index in [1.165, 1.54) is 0 Å². The van der Waals surface area contributed by atoms with Crippen molar-refractivity contribution in [2.75, 3.05) is 0 Å². The fourth-order valence-electron chi connectivity index (χ4n) is 2.00. The zero-order chi connectivity index (χ0) is 14.4. The van der Waals surface area contributed by atoms with E-state index in [0.29, 0.717) is 30.5 Å². The van der Waals surface area contributed by atoms with Gasteiger partial charge in [0, 0.05) is 5.02 Å². The van der Waals surface area contributed by atoms with Crippen molar-refractivity contribution in [1.29, 1.82) is 0 Å². The topological polar surface area (TPSA) is 20.7 Å². The van der Waals surface area contributed by atoms with Crippen LogP contribution in [0.1, 0.15) is 0 Å². The number of hydrogen-bond acceptors (Lipinski definition) is 1. The first-order valence-corrected chi connectivity index (χ1v) is 7.44. The van der Waals surface area contributed by atoms with Crippen molar-refractivity contribution in [2.24, 2.45) is 0 Å². The van der Waals surface area contributed by atoms with E-state index in [0.717, 1.165) is 11.0 Å². The molecule has 3 rings (SSSR count). The summed E-state index contributed by atoms with van der Waals surface area (Å²) in [5.41, 5.74) is 2.25. The van der Waals surface area contributed by atoms with Gasteiger partial charge in [-0.3, -0.25) is 4.57 Å². The predicted octanol–water partition coefficient (Wildman–Crippen LogP) is 6.30. The van der Waals surface area contributed by atoms with Gasteiger partial charge >= 0.3 is 0 Å². The molecule has 3 aromatic rings. The minimum absolute atomic E-state index is 0.445. The van der Waals surface area contributed by atoms with Crippen LogP contribution in [0, 0.1) is 4.77 Å². The molecular formula is C13H6Cl4N2S. The van der Waals surface area contributed by atoms with Gasteiger partial charge in [-0.15, -0.1) is 0 Å². The summed E-state index contributed by atoms with van der Waals surface area (Å²) in [6.07, 6.45) is 0. The lowest BCUT2D eigenvalue weighted by molar-refractivity contribution is 1.07. The number of nitrogens with zero attached hydrogens (tertiary/aromatic N) is 1. The number of halogens is 4. The lowest BCUT2D eigenvalue weighted by Crippen LogP contribution is -1.95. The summed E-state index contributed by atoms with van der Waals surface area (Å²) in [5.74, 6) is 0. The van der Waals surface area contributed by atoms with Crippen LogP contribution in [0.15, 0.2) is 30.3 Å². The van der Waals surface area contributed by atoms with Gasteiger partial charge in [-0.1, -0.05) is 46.4 Å². The SMILES string of the molecule is S=c1[nH]c2cc(Cl)c(Cl)cc2n1-c1cc(Cl)ccc1Cl. The summed E-state index contributed by atoms with van der Waals surface area (Å²) in [7, 11) is 0. The van der Waals surface area contributed by atoms with Gasteiger partial charge in [0.15, 0.2) is 4.77 Å². The quantitative estimate of drug-likeness (QED) is 0.503. The molecule has 0 aliphatic rings. The maximum atomic E-state index is 6.23.